The van der Waals surface area contributed by atoms with Gasteiger partial charge in [0.05, 0.1) is 19.3 Å². The van der Waals surface area contributed by atoms with E-state index < -0.39 is 16.0 Å². The fourth-order valence-electron chi connectivity index (χ4n) is 1.14. The zero-order chi connectivity index (χ0) is 10.8. The summed E-state index contributed by atoms with van der Waals surface area (Å²) in [4.78, 5) is 10.7. The first kappa shape index (κ1) is 11.4. The smallest absolute Gasteiger partial charge is 0.306 e. The third-order valence-electron chi connectivity index (χ3n) is 2.06. The molecule has 7 heteroatoms. The van der Waals surface area contributed by atoms with E-state index in [1.165, 1.54) is 11.4 Å². The molecule has 6 nitrogen and oxygen atoms in total. The van der Waals surface area contributed by atoms with Crippen molar-refractivity contribution >= 4 is 16.0 Å². The van der Waals surface area contributed by atoms with Crippen molar-refractivity contribution in [2.24, 2.45) is 5.73 Å². The van der Waals surface area contributed by atoms with Crippen molar-refractivity contribution in [3.8, 4) is 0 Å². The number of carbonyl (C=O) groups is 1. The van der Waals surface area contributed by atoms with Crippen LogP contribution < -0.4 is 5.73 Å². The molecule has 0 radical (unpaired) electrons. The summed E-state index contributed by atoms with van der Waals surface area (Å²) >= 11 is 0. The minimum Gasteiger partial charge on any atom is -0.469 e. The molecule has 0 bridgehead atoms. The number of methoxy groups -OCH3 is 1. The molecule has 0 aromatic carbocycles. The average molecular weight is 222 g/mol. The lowest BCUT2D eigenvalue weighted by Gasteiger charge is -2.35. The van der Waals surface area contributed by atoms with Crippen LogP contribution in [0, 0.1) is 0 Å². The lowest BCUT2D eigenvalue weighted by atomic mass is 10.2. The number of carbonyl (C=O) groups excluding carboxylic acids is 1. The van der Waals surface area contributed by atoms with Crippen molar-refractivity contribution in [2.75, 3.05) is 26.0 Å². The van der Waals surface area contributed by atoms with Crippen LogP contribution in [0.15, 0.2) is 0 Å². The molecule has 0 aliphatic carbocycles. The molecule has 0 unspecified atom stereocenters. The summed E-state index contributed by atoms with van der Waals surface area (Å²) in [5.74, 6) is -0.717. The Bertz CT molecular complexity index is 308. The SMILES string of the molecule is COC(=O)CCS(=O)(=O)N1CC(N)C1. The number of hydrogen-bond acceptors (Lipinski definition) is 5. The Morgan fingerprint density at radius 1 is 1.57 bits per heavy atom. The first-order valence-electron chi connectivity index (χ1n) is 4.26. The minimum absolute atomic E-state index is 0.0668. The first-order valence-corrected chi connectivity index (χ1v) is 5.87. The number of hydrogen-bond donors (Lipinski definition) is 1. The van der Waals surface area contributed by atoms with E-state index in [4.69, 9.17) is 5.73 Å². The maximum Gasteiger partial charge on any atom is 0.306 e. The fraction of sp³-hybridized carbons (Fsp3) is 0.857. The van der Waals surface area contributed by atoms with Crippen molar-refractivity contribution in [3.63, 3.8) is 0 Å². The van der Waals surface area contributed by atoms with Gasteiger partial charge in [-0.3, -0.25) is 4.79 Å². The van der Waals surface area contributed by atoms with E-state index in [-0.39, 0.29) is 18.2 Å². The second-order valence-electron chi connectivity index (χ2n) is 3.22. The molecule has 1 heterocycles. The topological polar surface area (TPSA) is 89.7 Å². The van der Waals surface area contributed by atoms with E-state index in [9.17, 15) is 13.2 Å². The predicted octanol–water partition coefficient (Wildman–Crippen LogP) is -1.48. The van der Waals surface area contributed by atoms with Gasteiger partial charge in [-0.05, 0) is 0 Å². The van der Waals surface area contributed by atoms with Crippen LogP contribution in [-0.2, 0) is 19.6 Å². The van der Waals surface area contributed by atoms with E-state index in [0.29, 0.717) is 13.1 Å². The third kappa shape index (κ3) is 2.66. The Kier molecular flexibility index (Phi) is 3.46. The van der Waals surface area contributed by atoms with Crippen LogP contribution in [0.5, 0.6) is 0 Å². The molecular weight excluding hydrogens is 208 g/mol. The summed E-state index contributed by atoms with van der Waals surface area (Å²) in [6, 6.07) is -0.0668. The molecule has 0 atom stereocenters. The number of nitrogens with two attached hydrogens (primary N) is 1. The Balaban J connectivity index is 2.39. The molecule has 0 aromatic heterocycles. The number of sulfonamides is 1. The quantitative estimate of drug-likeness (QED) is 0.586. The Labute approximate surface area is 83.1 Å². The Morgan fingerprint density at radius 3 is 2.57 bits per heavy atom. The van der Waals surface area contributed by atoms with Gasteiger partial charge in [0.2, 0.25) is 10.0 Å². The Hall–Kier alpha value is -0.660. The van der Waals surface area contributed by atoms with Crippen LogP contribution in [0.1, 0.15) is 6.42 Å². The molecule has 1 aliphatic rings. The largest absolute Gasteiger partial charge is 0.469 e. The van der Waals surface area contributed by atoms with E-state index in [2.05, 4.69) is 4.74 Å². The Morgan fingerprint density at radius 2 is 2.14 bits per heavy atom. The van der Waals surface area contributed by atoms with Crippen LogP contribution in [0.3, 0.4) is 0 Å². The number of ether oxygens (including phenoxy) is 1. The summed E-state index contributed by atoms with van der Waals surface area (Å²) in [6.07, 6.45) is -0.107. The van der Waals surface area contributed by atoms with Crippen LogP contribution >= 0.6 is 0 Å². The van der Waals surface area contributed by atoms with Crippen molar-refractivity contribution in [3.05, 3.63) is 0 Å². The van der Waals surface area contributed by atoms with Gasteiger partial charge in [0.25, 0.3) is 0 Å². The van der Waals surface area contributed by atoms with Gasteiger partial charge in [-0.15, -0.1) is 0 Å². The molecule has 0 amide bonds. The molecule has 82 valence electrons. The zero-order valence-corrected chi connectivity index (χ0v) is 8.79. The highest BCUT2D eigenvalue weighted by Crippen LogP contribution is 2.12. The van der Waals surface area contributed by atoms with Crippen LogP contribution in [0.2, 0.25) is 0 Å². The lowest BCUT2D eigenvalue weighted by molar-refractivity contribution is -0.140. The van der Waals surface area contributed by atoms with E-state index in [1.807, 2.05) is 0 Å². The van der Waals surface area contributed by atoms with Gasteiger partial charge >= 0.3 is 5.97 Å². The zero-order valence-electron chi connectivity index (χ0n) is 7.97. The minimum atomic E-state index is -3.31. The van der Waals surface area contributed by atoms with Gasteiger partial charge in [0.1, 0.15) is 0 Å². The van der Waals surface area contributed by atoms with Gasteiger partial charge in [0, 0.05) is 19.1 Å². The van der Waals surface area contributed by atoms with Crippen LogP contribution in [0.25, 0.3) is 0 Å². The molecule has 0 saturated carbocycles. The summed E-state index contributed by atoms with van der Waals surface area (Å²) in [7, 11) is -2.08. The van der Waals surface area contributed by atoms with Crippen LogP contribution in [-0.4, -0.2) is 50.7 Å². The second kappa shape index (κ2) is 4.24. The third-order valence-corrected chi connectivity index (χ3v) is 3.87. The van der Waals surface area contributed by atoms with E-state index in [1.54, 1.807) is 0 Å². The van der Waals surface area contributed by atoms with Gasteiger partial charge in [-0.25, -0.2) is 8.42 Å². The maximum atomic E-state index is 11.4. The number of esters is 1. The van der Waals surface area contributed by atoms with Gasteiger partial charge in [-0.1, -0.05) is 0 Å². The molecule has 0 aromatic rings. The first-order chi connectivity index (χ1) is 6.45. The molecular formula is C7H14N2O4S. The predicted molar refractivity (Wildman–Crippen MR) is 50.0 cm³/mol. The second-order valence-corrected chi connectivity index (χ2v) is 5.31. The molecule has 1 rings (SSSR count). The lowest BCUT2D eigenvalue weighted by Crippen LogP contribution is -2.58. The van der Waals surface area contributed by atoms with E-state index in [0.717, 1.165) is 0 Å². The normalized spacial score (nSPS) is 19.0. The van der Waals surface area contributed by atoms with Gasteiger partial charge in [0.15, 0.2) is 0 Å². The van der Waals surface area contributed by atoms with Crippen molar-refractivity contribution in [1.29, 1.82) is 0 Å². The van der Waals surface area contributed by atoms with Crippen molar-refractivity contribution in [1.82, 2.24) is 4.31 Å². The maximum absolute atomic E-state index is 11.4. The van der Waals surface area contributed by atoms with E-state index >= 15 is 0 Å². The molecule has 1 fully saturated rings. The van der Waals surface area contributed by atoms with Crippen molar-refractivity contribution in [2.45, 2.75) is 12.5 Å². The summed E-state index contributed by atoms with van der Waals surface area (Å²) in [5, 5.41) is 0. The van der Waals surface area contributed by atoms with Gasteiger partial charge in [-0.2, -0.15) is 4.31 Å². The summed E-state index contributed by atoms with van der Waals surface area (Å²) in [6.45, 7) is 0.701. The molecule has 14 heavy (non-hydrogen) atoms. The molecule has 2 N–H and O–H groups in total. The highest BCUT2D eigenvalue weighted by atomic mass is 32.2. The van der Waals surface area contributed by atoms with Gasteiger partial charge < -0.3 is 10.5 Å². The molecule has 1 saturated heterocycles. The van der Waals surface area contributed by atoms with Crippen LogP contribution in [0.4, 0.5) is 0 Å². The van der Waals surface area contributed by atoms with Crippen molar-refractivity contribution < 1.29 is 17.9 Å². The average Bonchev–Trinajstić information content (AvgIpc) is 2.09. The molecule has 1 aliphatic heterocycles. The highest BCUT2D eigenvalue weighted by molar-refractivity contribution is 7.89. The highest BCUT2D eigenvalue weighted by Gasteiger charge is 2.33. The molecule has 0 spiro atoms. The summed E-state index contributed by atoms with van der Waals surface area (Å²) < 4.78 is 28.5. The fourth-order valence-corrected chi connectivity index (χ4v) is 2.66. The number of rotatable bonds is 4. The monoisotopic (exact) mass is 222 g/mol. The standard InChI is InChI=1S/C7H14N2O4S/c1-13-7(10)2-3-14(11,12)9-4-6(8)5-9/h6H,2-5,8H2,1H3. The number of nitrogens with zero attached hydrogens (tertiary/aromatic N) is 1. The summed E-state index contributed by atoms with van der Waals surface area (Å²) in [5.41, 5.74) is 5.45.